The summed E-state index contributed by atoms with van der Waals surface area (Å²) < 4.78 is 5.98. The Morgan fingerprint density at radius 1 is 1.15 bits per heavy atom. The minimum absolute atomic E-state index is 0.147. The van der Waals surface area contributed by atoms with Crippen LogP contribution >= 0.6 is 15.9 Å². The van der Waals surface area contributed by atoms with Crippen molar-refractivity contribution in [1.29, 1.82) is 0 Å². The molecule has 0 aromatic heterocycles. The lowest BCUT2D eigenvalue weighted by atomic mass is 10.1. The van der Waals surface area contributed by atoms with Gasteiger partial charge in [0, 0.05) is 16.7 Å². The molecule has 7 heteroatoms. The zero-order valence-corrected chi connectivity index (χ0v) is 16.1. The van der Waals surface area contributed by atoms with Crippen molar-refractivity contribution in [2.75, 3.05) is 18.0 Å². The van der Waals surface area contributed by atoms with Crippen LogP contribution in [-0.2, 0) is 25.7 Å². The Morgan fingerprint density at radius 2 is 1.93 bits per heavy atom. The van der Waals surface area contributed by atoms with Crippen LogP contribution in [0.15, 0.2) is 59.1 Å². The number of amides is 2. The summed E-state index contributed by atoms with van der Waals surface area (Å²) in [6.07, 6.45) is 0.413. The van der Waals surface area contributed by atoms with E-state index in [-0.39, 0.29) is 19.1 Å². The summed E-state index contributed by atoms with van der Waals surface area (Å²) in [5.41, 5.74) is 1.61. The van der Waals surface area contributed by atoms with Crippen molar-refractivity contribution in [3.63, 3.8) is 0 Å². The third kappa shape index (κ3) is 4.95. The molecule has 6 nitrogen and oxygen atoms in total. The van der Waals surface area contributed by atoms with Gasteiger partial charge in [-0.1, -0.05) is 52.3 Å². The second kappa shape index (κ2) is 8.81. The maximum Gasteiger partial charge on any atom is 0.325 e. The van der Waals surface area contributed by atoms with Gasteiger partial charge >= 0.3 is 5.97 Å². The smallest absolute Gasteiger partial charge is 0.325 e. The number of hydrogen-bond donors (Lipinski definition) is 1. The number of ether oxygens (including phenoxy) is 1. The van der Waals surface area contributed by atoms with Crippen LogP contribution in [0.2, 0.25) is 0 Å². The van der Waals surface area contributed by atoms with Gasteiger partial charge in [0.2, 0.25) is 11.8 Å². The number of nitrogens with one attached hydrogen (secondary N) is 1. The number of hydrogen-bond acceptors (Lipinski definition) is 4. The van der Waals surface area contributed by atoms with E-state index in [9.17, 15) is 14.4 Å². The Morgan fingerprint density at radius 3 is 2.67 bits per heavy atom. The first-order valence-corrected chi connectivity index (χ1v) is 9.38. The van der Waals surface area contributed by atoms with Crippen LogP contribution in [0.3, 0.4) is 0 Å². The van der Waals surface area contributed by atoms with Gasteiger partial charge in [0.05, 0.1) is 0 Å². The highest BCUT2D eigenvalue weighted by molar-refractivity contribution is 9.10. The molecule has 1 atom stereocenters. The Balaban J connectivity index is 1.48. The molecule has 1 saturated heterocycles. The minimum atomic E-state index is -0.786. The van der Waals surface area contributed by atoms with Gasteiger partial charge < -0.3 is 15.0 Å². The van der Waals surface area contributed by atoms with E-state index in [2.05, 4.69) is 21.2 Å². The standard InChI is InChI=1S/C20H19BrN2O4/c21-15-7-4-8-16(11-15)23-10-9-17(20(23)26)19(25)22-12-18(24)27-13-14-5-2-1-3-6-14/h1-8,11,17H,9-10,12-13H2,(H,22,25)/t17-/m1/s1. The quantitative estimate of drug-likeness (QED) is 0.564. The van der Waals surface area contributed by atoms with Crippen molar-refractivity contribution >= 4 is 39.4 Å². The SMILES string of the molecule is O=C(CNC(=O)[C@H]1CCN(c2cccc(Br)c2)C1=O)OCc1ccccc1. The molecule has 0 radical (unpaired) electrons. The maximum atomic E-state index is 12.5. The molecule has 3 rings (SSSR count). The molecule has 140 valence electrons. The summed E-state index contributed by atoms with van der Waals surface area (Å²) in [7, 11) is 0. The monoisotopic (exact) mass is 430 g/mol. The number of rotatable bonds is 6. The molecule has 1 aliphatic heterocycles. The zero-order valence-electron chi connectivity index (χ0n) is 14.6. The molecule has 1 aliphatic rings. The van der Waals surface area contributed by atoms with E-state index in [0.717, 1.165) is 15.7 Å². The van der Waals surface area contributed by atoms with Crippen LogP contribution in [0, 0.1) is 5.92 Å². The van der Waals surface area contributed by atoms with Crippen LogP contribution in [-0.4, -0.2) is 30.9 Å². The van der Waals surface area contributed by atoms with E-state index < -0.39 is 17.8 Å². The molecule has 0 saturated carbocycles. The van der Waals surface area contributed by atoms with E-state index in [0.29, 0.717) is 13.0 Å². The summed E-state index contributed by atoms with van der Waals surface area (Å²) >= 11 is 3.38. The molecule has 1 N–H and O–H groups in total. The molecule has 0 spiro atoms. The Kier molecular flexibility index (Phi) is 6.24. The summed E-state index contributed by atoms with van der Waals surface area (Å²) in [5.74, 6) is -2.04. The highest BCUT2D eigenvalue weighted by Crippen LogP contribution is 2.27. The van der Waals surface area contributed by atoms with Gasteiger partial charge in [-0.2, -0.15) is 0 Å². The van der Waals surface area contributed by atoms with E-state index in [1.54, 1.807) is 4.90 Å². The molecule has 27 heavy (non-hydrogen) atoms. The van der Waals surface area contributed by atoms with Crippen molar-refractivity contribution in [3.05, 3.63) is 64.6 Å². The number of carbonyl (C=O) groups is 3. The molecule has 1 heterocycles. The third-order valence-corrected chi connectivity index (χ3v) is 4.78. The summed E-state index contributed by atoms with van der Waals surface area (Å²) in [4.78, 5) is 38.2. The molecular formula is C20H19BrN2O4. The van der Waals surface area contributed by atoms with Crippen LogP contribution in [0.4, 0.5) is 5.69 Å². The van der Waals surface area contributed by atoms with Gasteiger partial charge in [0.15, 0.2) is 0 Å². The molecule has 0 aliphatic carbocycles. The van der Waals surface area contributed by atoms with Gasteiger partial charge in [-0.25, -0.2) is 0 Å². The Hall–Kier alpha value is -2.67. The number of halogens is 1. The highest BCUT2D eigenvalue weighted by Gasteiger charge is 2.37. The van der Waals surface area contributed by atoms with Crippen LogP contribution in [0.25, 0.3) is 0 Å². The predicted molar refractivity (Wildman–Crippen MR) is 104 cm³/mol. The first-order valence-electron chi connectivity index (χ1n) is 8.59. The maximum absolute atomic E-state index is 12.5. The number of nitrogens with zero attached hydrogens (tertiary/aromatic N) is 1. The van der Waals surface area contributed by atoms with Crippen molar-refractivity contribution < 1.29 is 19.1 Å². The van der Waals surface area contributed by atoms with Crippen LogP contribution in [0.1, 0.15) is 12.0 Å². The molecular weight excluding hydrogens is 412 g/mol. The predicted octanol–water partition coefficient (Wildman–Crippen LogP) is 2.66. The Labute approximate surface area is 165 Å². The summed E-state index contributed by atoms with van der Waals surface area (Å²) in [5, 5.41) is 2.50. The van der Waals surface area contributed by atoms with Gasteiger partial charge in [-0.05, 0) is 30.2 Å². The molecule has 1 fully saturated rings. The highest BCUT2D eigenvalue weighted by atomic mass is 79.9. The zero-order chi connectivity index (χ0) is 19.2. The second-order valence-electron chi connectivity index (χ2n) is 6.18. The molecule has 2 aromatic rings. The average molecular weight is 431 g/mol. The lowest BCUT2D eigenvalue weighted by Gasteiger charge is -2.17. The molecule has 0 unspecified atom stereocenters. The van der Waals surface area contributed by atoms with Crippen molar-refractivity contribution in [3.8, 4) is 0 Å². The van der Waals surface area contributed by atoms with E-state index in [1.807, 2.05) is 54.6 Å². The van der Waals surface area contributed by atoms with Gasteiger partial charge in [0.25, 0.3) is 0 Å². The normalized spacial score (nSPS) is 16.3. The van der Waals surface area contributed by atoms with Crippen LogP contribution in [0.5, 0.6) is 0 Å². The minimum Gasteiger partial charge on any atom is -0.460 e. The fourth-order valence-corrected chi connectivity index (χ4v) is 3.28. The first-order chi connectivity index (χ1) is 13.0. The number of anilines is 1. The fraction of sp³-hybridized carbons (Fsp3) is 0.250. The third-order valence-electron chi connectivity index (χ3n) is 4.29. The molecule has 2 amide bonds. The largest absolute Gasteiger partial charge is 0.460 e. The lowest BCUT2D eigenvalue weighted by Crippen LogP contribution is -2.39. The van der Waals surface area contributed by atoms with E-state index in [1.165, 1.54) is 0 Å². The first kappa shape index (κ1) is 19.1. The summed E-state index contributed by atoms with van der Waals surface area (Å²) in [6.45, 7) is 0.354. The van der Waals surface area contributed by atoms with Crippen molar-refractivity contribution in [2.45, 2.75) is 13.0 Å². The van der Waals surface area contributed by atoms with Crippen molar-refractivity contribution in [1.82, 2.24) is 5.32 Å². The summed E-state index contributed by atoms with van der Waals surface area (Å²) in [6, 6.07) is 16.6. The lowest BCUT2D eigenvalue weighted by molar-refractivity contribution is -0.146. The van der Waals surface area contributed by atoms with E-state index in [4.69, 9.17) is 4.74 Å². The number of esters is 1. The molecule has 0 bridgehead atoms. The second-order valence-corrected chi connectivity index (χ2v) is 7.09. The van der Waals surface area contributed by atoms with Gasteiger partial charge in [-0.15, -0.1) is 0 Å². The van der Waals surface area contributed by atoms with Crippen molar-refractivity contribution in [2.24, 2.45) is 5.92 Å². The topological polar surface area (TPSA) is 75.7 Å². The number of carbonyl (C=O) groups excluding carboxylic acids is 3. The molecule has 2 aromatic carbocycles. The van der Waals surface area contributed by atoms with Gasteiger partial charge in [-0.3, -0.25) is 14.4 Å². The average Bonchev–Trinajstić information content (AvgIpc) is 3.07. The fourth-order valence-electron chi connectivity index (χ4n) is 2.90. The Bertz CT molecular complexity index is 841. The van der Waals surface area contributed by atoms with Crippen LogP contribution < -0.4 is 10.2 Å². The van der Waals surface area contributed by atoms with Gasteiger partial charge in [0.1, 0.15) is 19.1 Å². The number of benzene rings is 2. The van der Waals surface area contributed by atoms with E-state index >= 15 is 0 Å².